The van der Waals surface area contributed by atoms with Gasteiger partial charge in [-0.15, -0.1) is 22.0 Å². The maximum Gasteiger partial charge on any atom is 0.234 e. The monoisotopic (exact) mass is 404 g/mol. The molecule has 1 saturated heterocycles. The SMILES string of the molecule is O=C(CSCc1ccccc1)Nc1ccc(-c2ccc(N3CCCC3)nn2)cc1. The highest BCUT2D eigenvalue weighted by Crippen LogP contribution is 2.22. The number of benzene rings is 2. The molecule has 1 aliphatic heterocycles. The van der Waals surface area contributed by atoms with Gasteiger partial charge in [-0.2, -0.15) is 0 Å². The Bertz CT molecular complexity index is 923. The summed E-state index contributed by atoms with van der Waals surface area (Å²) in [5, 5.41) is 11.7. The van der Waals surface area contributed by atoms with E-state index in [1.807, 2.05) is 54.6 Å². The van der Waals surface area contributed by atoms with Gasteiger partial charge in [0.25, 0.3) is 0 Å². The summed E-state index contributed by atoms with van der Waals surface area (Å²) in [7, 11) is 0. The highest BCUT2D eigenvalue weighted by molar-refractivity contribution is 7.99. The predicted octanol–water partition coefficient (Wildman–Crippen LogP) is 4.62. The summed E-state index contributed by atoms with van der Waals surface area (Å²) in [6, 6.07) is 22.0. The van der Waals surface area contributed by atoms with Crippen molar-refractivity contribution >= 4 is 29.2 Å². The number of amides is 1. The first-order valence-corrected chi connectivity index (χ1v) is 11.0. The number of carbonyl (C=O) groups excluding carboxylic acids is 1. The quantitative estimate of drug-likeness (QED) is 0.623. The van der Waals surface area contributed by atoms with Crippen LogP contribution in [0.3, 0.4) is 0 Å². The Morgan fingerprint density at radius 3 is 2.38 bits per heavy atom. The molecule has 0 aliphatic carbocycles. The summed E-state index contributed by atoms with van der Waals surface area (Å²) < 4.78 is 0. The molecule has 6 heteroatoms. The minimum absolute atomic E-state index is 0.00781. The zero-order chi connectivity index (χ0) is 19.9. The van der Waals surface area contributed by atoms with Crippen molar-refractivity contribution in [1.82, 2.24) is 10.2 Å². The molecular formula is C23H24N4OS. The summed E-state index contributed by atoms with van der Waals surface area (Å²) >= 11 is 1.61. The smallest absolute Gasteiger partial charge is 0.234 e. The van der Waals surface area contributed by atoms with Gasteiger partial charge in [-0.05, 0) is 42.7 Å². The van der Waals surface area contributed by atoms with Gasteiger partial charge in [-0.25, -0.2) is 0 Å². The van der Waals surface area contributed by atoms with E-state index in [9.17, 15) is 4.79 Å². The number of hydrogen-bond acceptors (Lipinski definition) is 5. The van der Waals surface area contributed by atoms with E-state index in [0.29, 0.717) is 5.75 Å². The number of anilines is 2. The van der Waals surface area contributed by atoms with E-state index in [-0.39, 0.29) is 5.91 Å². The van der Waals surface area contributed by atoms with Crippen molar-refractivity contribution < 1.29 is 4.79 Å². The molecular weight excluding hydrogens is 380 g/mol. The second-order valence-electron chi connectivity index (χ2n) is 7.07. The number of aromatic nitrogens is 2. The number of rotatable bonds is 7. The van der Waals surface area contributed by atoms with Crippen molar-refractivity contribution in [2.75, 3.05) is 29.1 Å². The van der Waals surface area contributed by atoms with Crippen molar-refractivity contribution in [3.05, 3.63) is 72.3 Å². The Labute approximate surface area is 175 Å². The summed E-state index contributed by atoms with van der Waals surface area (Å²) in [6.45, 7) is 2.12. The van der Waals surface area contributed by atoms with Gasteiger partial charge in [0, 0.05) is 30.1 Å². The normalized spacial score (nSPS) is 13.4. The van der Waals surface area contributed by atoms with E-state index in [1.165, 1.54) is 18.4 Å². The van der Waals surface area contributed by atoms with Crippen molar-refractivity contribution in [2.24, 2.45) is 0 Å². The molecule has 5 nitrogen and oxygen atoms in total. The average molecular weight is 405 g/mol. The van der Waals surface area contributed by atoms with Gasteiger partial charge >= 0.3 is 0 Å². The molecule has 1 aliphatic rings. The van der Waals surface area contributed by atoms with Crippen molar-refractivity contribution in [1.29, 1.82) is 0 Å². The number of hydrogen-bond donors (Lipinski definition) is 1. The average Bonchev–Trinajstić information content (AvgIpc) is 3.30. The lowest BCUT2D eigenvalue weighted by Crippen LogP contribution is -2.19. The van der Waals surface area contributed by atoms with Crippen LogP contribution in [-0.2, 0) is 10.5 Å². The van der Waals surface area contributed by atoms with Crippen LogP contribution in [-0.4, -0.2) is 34.9 Å². The molecule has 0 radical (unpaired) electrons. The summed E-state index contributed by atoms with van der Waals surface area (Å²) in [5.41, 5.74) is 3.85. The van der Waals surface area contributed by atoms with E-state index in [2.05, 4.69) is 32.5 Å². The summed E-state index contributed by atoms with van der Waals surface area (Å²) in [5.74, 6) is 2.22. The molecule has 0 saturated carbocycles. The van der Waals surface area contributed by atoms with Gasteiger partial charge in [0.15, 0.2) is 5.82 Å². The second kappa shape index (κ2) is 9.56. The van der Waals surface area contributed by atoms with Gasteiger partial charge in [0.2, 0.25) is 5.91 Å². The van der Waals surface area contributed by atoms with Crippen LogP contribution in [0.2, 0.25) is 0 Å². The van der Waals surface area contributed by atoms with E-state index in [0.717, 1.165) is 41.6 Å². The fraction of sp³-hybridized carbons (Fsp3) is 0.261. The van der Waals surface area contributed by atoms with Crippen LogP contribution < -0.4 is 10.2 Å². The standard InChI is InChI=1S/C23H24N4OS/c28-23(17-29-16-18-6-2-1-3-7-18)24-20-10-8-19(9-11-20)21-12-13-22(26-25-21)27-14-4-5-15-27/h1-3,6-13H,4-5,14-17H2,(H,24,28). The third-order valence-corrected chi connectivity index (χ3v) is 5.89. The molecule has 1 N–H and O–H groups in total. The zero-order valence-corrected chi connectivity index (χ0v) is 17.1. The molecule has 148 valence electrons. The Morgan fingerprint density at radius 1 is 0.931 bits per heavy atom. The number of nitrogens with one attached hydrogen (secondary N) is 1. The molecule has 0 bridgehead atoms. The van der Waals surface area contributed by atoms with E-state index < -0.39 is 0 Å². The molecule has 1 fully saturated rings. The van der Waals surface area contributed by atoms with Gasteiger partial charge in [0.1, 0.15) is 0 Å². The van der Waals surface area contributed by atoms with Crippen LogP contribution in [0.4, 0.5) is 11.5 Å². The van der Waals surface area contributed by atoms with E-state index in [1.54, 1.807) is 11.8 Å². The Hall–Kier alpha value is -2.86. The third kappa shape index (κ3) is 5.35. The fourth-order valence-electron chi connectivity index (χ4n) is 3.35. The Morgan fingerprint density at radius 2 is 1.69 bits per heavy atom. The minimum Gasteiger partial charge on any atom is -0.355 e. The first-order valence-electron chi connectivity index (χ1n) is 9.88. The predicted molar refractivity (Wildman–Crippen MR) is 120 cm³/mol. The number of thioether (sulfide) groups is 1. The third-order valence-electron chi connectivity index (χ3n) is 4.89. The lowest BCUT2D eigenvalue weighted by atomic mass is 10.1. The van der Waals surface area contributed by atoms with Crippen LogP contribution in [0.25, 0.3) is 11.3 Å². The number of nitrogens with zero attached hydrogens (tertiary/aromatic N) is 3. The number of carbonyl (C=O) groups is 1. The maximum atomic E-state index is 12.2. The maximum absolute atomic E-state index is 12.2. The molecule has 29 heavy (non-hydrogen) atoms. The summed E-state index contributed by atoms with van der Waals surface area (Å²) in [6.07, 6.45) is 2.45. The van der Waals surface area contributed by atoms with Gasteiger partial charge in [0.05, 0.1) is 11.4 Å². The van der Waals surface area contributed by atoms with Crippen molar-refractivity contribution in [3.8, 4) is 11.3 Å². The fourth-order valence-corrected chi connectivity index (χ4v) is 4.14. The van der Waals surface area contributed by atoms with Crippen molar-refractivity contribution in [3.63, 3.8) is 0 Å². The minimum atomic E-state index is 0.00781. The van der Waals surface area contributed by atoms with Crippen LogP contribution in [0.5, 0.6) is 0 Å². The highest BCUT2D eigenvalue weighted by Gasteiger charge is 2.14. The molecule has 3 aromatic rings. The molecule has 0 atom stereocenters. The lowest BCUT2D eigenvalue weighted by molar-refractivity contribution is -0.113. The Balaban J connectivity index is 1.28. The van der Waals surface area contributed by atoms with Crippen LogP contribution in [0.1, 0.15) is 18.4 Å². The van der Waals surface area contributed by atoms with E-state index in [4.69, 9.17) is 0 Å². The molecule has 1 amide bonds. The molecule has 2 heterocycles. The van der Waals surface area contributed by atoms with Gasteiger partial charge < -0.3 is 10.2 Å². The molecule has 1 aromatic heterocycles. The Kier molecular flexibility index (Phi) is 6.42. The highest BCUT2D eigenvalue weighted by atomic mass is 32.2. The van der Waals surface area contributed by atoms with Crippen LogP contribution in [0, 0.1) is 0 Å². The van der Waals surface area contributed by atoms with Crippen LogP contribution >= 0.6 is 11.8 Å². The topological polar surface area (TPSA) is 58.1 Å². The zero-order valence-electron chi connectivity index (χ0n) is 16.3. The first-order chi connectivity index (χ1) is 14.3. The molecule has 4 rings (SSSR count). The molecule has 0 unspecified atom stereocenters. The molecule has 2 aromatic carbocycles. The summed E-state index contributed by atoms with van der Waals surface area (Å²) in [4.78, 5) is 14.4. The van der Waals surface area contributed by atoms with Gasteiger partial charge in [-0.1, -0.05) is 42.5 Å². The van der Waals surface area contributed by atoms with Crippen LogP contribution in [0.15, 0.2) is 66.7 Å². The first kappa shape index (κ1) is 19.5. The largest absolute Gasteiger partial charge is 0.355 e. The second-order valence-corrected chi connectivity index (χ2v) is 8.06. The van der Waals surface area contributed by atoms with Gasteiger partial charge in [-0.3, -0.25) is 4.79 Å². The van der Waals surface area contributed by atoms with Crippen molar-refractivity contribution in [2.45, 2.75) is 18.6 Å². The lowest BCUT2D eigenvalue weighted by Gasteiger charge is -2.15. The van der Waals surface area contributed by atoms with E-state index >= 15 is 0 Å². The molecule has 0 spiro atoms.